The Morgan fingerprint density at radius 2 is 1.73 bits per heavy atom. The molecule has 2 N–H and O–H groups in total. The predicted octanol–water partition coefficient (Wildman–Crippen LogP) is 1.16. The molecule has 2 rings (SSSR count). The number of benzene rings is 1. The van der Waals surface area contributed by atoms with E-state index in [4.69, 9.17) is 0 Å². The van der Waals surface area contributed by atoms with E-state index < -0.39 is 26.9 Å². The number of sulfone groups is 1. The van der Waals surface area contributed by atoms with Gasteiger partial charge in [-0.25, -0.2) is 8.42 Å². The fourth-order valence-electron chi connectivity index (χ4n) is 2.37. The van der Waals surface area contributed by atoms with Gasteiger partial charge in [0, 0.05) is 25.5 Å². The van der Waals surface area contributed by atoms with Crippen LogP contribution in [0.4, 0.5) is 0 Å². The third-order valence-corrected chi connectivity index (χ3v) is 5.89. The molecule has 0 unspecified atom stereocenters. The maximum Gasteiger partial charge on any atom is 0.309 e. The monoisotopic (exact) mass is 375 g/mol. The first kappa shape index (κ1) is 19.6. The number of pyridine rings is 1. The van der Waals surface area contributed by atoms with Crippen LogP contribution in [0.25, 0.3) is 0 Å². The number of rotatable bonds is 6. The third kappa shape index (κ3) is 4.66. The smallest absolute Gasteiger partial charge is 0.309 e. The molecule has 1 heterocycles. The molecule has 7 nitrogen and oxygen atoms in total. The van der Waals surface area contributed by atoms with Crippen LogP contribution in [0.5, 0.6) is 0 Å². The Balaban J connectivity index is 2.31. The average molecular weight is 375 g/mol. The molecule has 0 fully saturated rings. The van der Waals surface area contributed by atoms with Crippen LogP contribution in [-0.4, -0.2) is 38.3 Å². The summed E-state index contributed by atoms with van der Waals surface area (Å²) in [5, 5.41) is 3.71. The van der Waals surface area contributed by atoms with E-state index in [-0.39, 0.29) is 11.4 Å². The van der Waals surface area contributed by atoms with Gasteiger partial charge in [0.2, 0.25) is 0 Å². The number of hydrogen-bond donors (Lipinski definition) is 2. The fourth-order valence-corrected chi connectivity index (χ4v) is 4.02. The van der Waals surface area contributed by atoms with Crippen LogP contribution in [0.2, 0.25) is 0 Å². The molecule has 0 aliphatic heterocycles. The molecular formula is C18H21N3O4S. The molecule has 26 heavy (non-hydrogen) atoms. The van der Waals surface area contributed by atoms with E-state index in [2.05, 4.69) is 15.6 Å². The highest BCUT2D eigenvalue weighted by molar-refractivity contribution is 7.91. The summed E-state index contributed by atoms with van der Waals surface area (Å²) >= 11 is 0. The van der Waals surface area contributed by atoms with Crippen molar-refractivity contribution in [3.8, 4) is 0 Å². The molecule has 2 aromatic rings. The second-order valence-corrected chi connectivity index (χ2v) is 7.83. The Morgan fingerprint density at radius 3 is 2.31 bits per heavy atom. The van der Waals surface area contributed by atoms with Gasteiger partial charge in [-0.3, -0.25) is 14.6 Å². The van der Waals surface area contributed by atoms with E-state index >= 15 is 0 Å². The van der Waals surface area contributed by atoms with Crippen molar-refractivity contribution < 1.29 is 18.0 Å². The van der Waals surface area contributed by atoms with E-state index in [0.29, 0.717) is 12.1 Å². The van der Waals surface area contributed by atoms with Crippen molar-refractivity contribution in [3.63, 3.8) is 0 Å². The molecule has 1 aromatic carbocycles. The highest BCUT2D eigenvalue weighted by atomic mass is 32.2. The van der Waals surface area contributed by atoms with Gasteiger partial charge in [-0.15, -0.1) is 0 Å². The molecule has 0 radical (unpaired) electrons. The lowest BCUT2D eigenvalue weighted by molar-refractivity contribution is -0.139. The lowest BCUT2D eigenvalue weighted by Gasteiger charge is -2.18. The minimum atomic E-state index is -3.79. The van der Waals surface area contributed by atoms with Gasteiger partial charge in [0.25, 0.3) is 0 Å². The summed E-state index contributed by atoms with van der Waals surface area (Å²) in [5.74, 6) is -1.68. The van der Waals surface area contributed by atoms with Crippen LogP contribution in [0.15, 0.2) is 53.7 Å². The zero-order chi connectivity index (χ0) is 19.2. The van der Waals surface area contributed by atoms with Crippen molar-refractivity contribution in [1.29, 1.82) is 0 Å². The van der Waals surface area contributed by atoms with Crippen LogP contribution in [-0.2, 0) is 19.4 Å². The van der Waals surface area contributed by atoms with Crippen LogP contribution < -0.4 is 10.6 Å². The Labute approximate surface area is 152 Å². The number of likely N-dealkylation sites (N-methyl/N-ethyl adjacent to an activating group) is 1. The highest BCUT2D eigenvalue weighted by Gasteiger charge is 2.30. The standard InChI is InChI=1S/C18H21N3O4S/c1-3-20-17(22)18(23)21-12-16(14-5-4-10-19-11-14)26(24,25)15-8-6-13(2)7-9-15/h4-11,16H,3,12H2,1-2H3,(H,20,22)(H,21,23)/t16-/m1/s1. The summed E-state index contributed by atoms with van der Waals surface area (Å²) in [5.41, 5.74) is 1.37. The summed E-state index contributed by atoms with van der Waals surface area (Å²) in [7, 11) is -3.79. The quantitative estimate of drug-likeness (QED) is 0.737. The molecule has 0 aliphatic carbocycles. The first-order valence-electron chi connectivity index (χ1n) is 8.12. The number of hydrogen-bond acceptors (Lipinski definition) is 5. The summed E-state index contributed by atoms with van der Waals surface area (Å²) in [4.78, 5) is 27.5. The van der Waals surface area contributed by atoms with Gasteiger partial charge >= 0.3 is 11.8 Å². The van der Waals surface area contributed by atoms with Crippen LogP contribution in [0.3, 0.4) is 0 Å². The molecule has 8 heteroatoms. The van der Waals surface area contributed by atoms with Gasteiger partial charge < -0.3 is 10.6 Å². The van der Waals surface area contributed by atoms with Crippen molar-refractivity contribution in [2.75, 3.05) is 13.1 Å². The normalized spacial score (nSPS) is 12.2. The number of carbonyl (C=O) groups excluding carboxylic acids is 2. The first-order chi connectivity index (χ1) is 12.4. The second kappa shape index (κ2) is 8.57. The van der Waals surface area contributed by atoms with Crippen molar-refractivity contribution in [2.45, 2.75) is 24.0 Å². The Hall–Kier alpha value is -2.74. The minimum Gasteiger partial charge on any atom is -0.348 e. The molecule has 0 saturated heterocycles. The summed E-state index contributed by atoms with van der Waals surface area (Å²) < 4.78 is 26.1. The van der Waals surface area contributed by atoms with Gasteiger partial charge in [-0.05, 0) is 37.6 Å². The molecular weight excluding hydrogens is 354 g/mol. The Kier molecular flexibility index (Phi) is 6.46. The summed E-state index contributed by atoms with van der Waals surface area (Å²) in [6, 6.07) is 9.72. The number of carbonyl (C=O) groups is 2. The van der Waals surface area contributed by atoms with Crippen LogP contribution in [0.1, 0.15) is 23.3 Å². The second-order valence-electron chi connectivity index (χ2n) is 5.70. The lowest BCUT2D eigenvalue weighted by Crippen LogP contribution is -2.42. The fraction of sp³-hybridized carbons (Fsp3) is 0.278. The topological polar surface area (TPSA) is 105 Å². The molecule has 2 amide bonds. The SMILES string of the molecule is CCNC(=O)C(=O)NC[C@H](c1cccnc1)S(=O)(=O)c1ccc(C)cc1. The van der Waals surface area contributed by atoms with Gasteiger partial charge in [-0.2, -0.15) is 0 Å². The maximum atomic E-state index is 13.1. The van der Waals surface area contributed by atoms with Crippen molar-refractivity contribution in [1.82, 2.24) is 15.6 Å². The summed E-state index contributed by atoms with van der Waals surface area (Å²) in [6.45, 7) is 3.62. The minimum absolute atomic E-state index is 0.143. The number of aromatic nitrogens is 1. The van der Waals surface area contributed by atoms with E-state index in [9.17, 15) is 18.0 Å². The molecule has 0 saturated carbocycles. The van der Waals surface area contributed by atoms with E-state index in [0.717, 1.165) is 5.56 Å². The summed E-state index contributed by atoms with van der Waals surface area (Å²) in [6.07, 6.45) is 2.97. The number of nitrogens with zero attached hydrogens (tertiary/aromatic N) is 1. The average Bonchev–Trinajstić information content (AvgIpc) is 2.63. The van der Waals surface area contributed by atoms with Crippen molar-refractivity contribution >= 4 is 21.7 Å². The van der Waals surface area contributed by atoms with Gasteiger partial charge in [0.05, 0.1) is 4.90 Å². The zero-order valence-electron chi connectivity index (χ0n) is 14.6. The number of nitrogens with one attached hydrogen (secondary N) is 2. The van der Waals surface area contributed by atoms with E-state index in [1.54, 1.807) is 31.2 Å². The van der Waals surface area contributed by atoms with Crippen LogP contribution in [0, 0.1) is 6.92 Å². The molecule has 1 aromatic heterocycles. The van der Waals surface area contributed by atoms with E-state index in [1.165, 1.54) is 24.5 Å². The zero-order valence-corrected chi connectivity index (χ0v) is 15.4. The van der Waals surface area contributed by atoms with Gasteiger partial charge in [0.1, 0.15) is 5.25 Å². The Bertz CT molecular complexity index is 865. The van der Waals surface area contributed by atoms with Crippen LogP contribution >= 0.6 is 0 Å². The highest BCUT2D eigenvalue weighted by Crippen LogP contribution is 2.28. The van der Waals surface area contributed by atoms with Gasteiger partial charge in [-0.1, -0.05) is 23.8 Å². The lowest BCUT2D eigenvalue weighted by atomic mass is 10.2. The molecule has 0 bridgehead atoms. The third-order valence-electron chi connectivity index (χ3n) is 3.77. The molecule has 0 spiro atoms. The van der Waals surface area contributed by atoms with Crippen molar-refractivity contribution in [2.24, 2.45) is 0 Å². The maximum absolute atomic E-state index is 13.1. The molecule has 138 valence electrons. The predicted molar refractivity (Wildman–Crippen MR) is 97.0 cm³/mol. The van der Waals surface area contributed by atoms with Crippen molar-refractivity contribution in [3.05, 3.63) is 59.9 Å². The number of amides is 2. The largest absolute Gasteiger partial charge is 0.348 e. The van der Waals surface area contributed by atoms with Gasteiger partial charge in [0.15, 0.2) is 9.84 Å². The molecule has 0 aliphatic rings. The number of aryl methyl sites for hydroxylation is 1. The first-order valence-corrected chi connectivity index (χ1v) is 9.67. The molecule has 1 atom stereocenters. The Morgan fingerprint density at radius 1 is 1.08 bits per heavy atom. The van der Waals surface area contributed by atoms with E-state index in [1.807, 2.05) is 6.92 Å².